The number of rotatable bonds is 5. The number of aromatic nitrogens is 4. The number of aryl methyl sites for hydroxylation is 2. The van der Waals surface area contributed by atoms with E-state index in [0.717, 1.165) is 35.5 Å². The summed E-state index contributed by atoms with van der Waals surface area (Å²) in [6.07, 6.45) is 4.29. The van der Waals surface area contributed by atoms with Crippen molar-refractivity contribution in [3.63, 3.8) is 0 Å². The third-order valence-corrected chi connectivity index (χ3v) is 4.88. The lowest BCUT2D eigenvalue weighted by molar-refractivity contribution is -0.122. The number of hydrogen-bond donors (Lipinski definition) is 2. The van der Waals surface area contributed by atoms with Gasteiger partial charge in [-0.1, -0.05) is 0 Å². The smallest absolute Gasteiger partial charge is 0.250 e. The molecule has 0 aromatic carbocycles. The Bertz CT molecular complexity index is 802. The van der Waals surface area contributed by atoms with Crippen molar-refractivity contribution in [2.24, 2.45) is 7.05 Å². The van der Waals surface area contributed by atoms with Crippen molar-refractivity contribution in [3.05, 3.63) is 45.4 Å². The molecule has 1 fully saturated rings. The fourth-order valence-corrected chi connectivity index (χ4v) is 3.30. The lowest BCUT2D eigenvalue weighted by Crippen LogP contribution is -2.43. The molecule has 1 aliphatic rings. The van der Waals surface area contributed by atoms with Gasteiger partial charge in [-0.15, -0.1) is 0 Å². The van der Waals surface area contributed by atoms with Gasteiger partial charge in [-0.05, 0) is 38.7 Å². The number of H-pyrrole nitrogens is 1. The average Bonchev–Trinajstić information content (AvgIpc) is 2.73. The van der Waals surface area contributed by atoms with Crippen molar-refractivity contribution in [1.29, 1.82) is 0 Å². The molecule has 0 radical (unpaired) electrons. The highest BCUT2D eigenvalue weighted by Gasteiger charge is 2.32. The highest BCUT2D eigenvalue weighted by molar-refractivity contribution is 5.76. The molecule has 2 heterocycles. The number of carbonyl (C=O) groups excluding carboxylic acids is 1. The second-order valence-corrected chi connectivity index (χ2v) is 6.54. The molecule has 0 spiro atoms. The first kappa shape index (κ1) is 16.4. The second kappa shape index (κ2) is 6.59. The maximum Gasteiger partial charge on any atom is 0.250 e. The topological polar surface area (TPSA) is 92.7 Å². The van der Waals surface area contributed by atoms with Crippen LogP contribution in [0.25, 0.3) is 0 Å². The minimum Gasteiger partial charge on any atom is -0.353 e. The fourth-order valence-electron chi connectivity index (χ4n) is 3.30. The Labute approximate surface area is 140 Å². The van der Waals surface area contributed by atoms with E-state index in [2.05, 4.69) is 20.4 Å². The van der Waals surface area contributed by atoms with Crippen LogP contribution in [-0.2, 0) is 18.3 Å². The number of nitrogens with zero attached hydrogens (tertiary/aromatic N) is 3. The van der Waals surface area contributed by atoms with E-state index in [4.69, 9.17) is 0 Å². The molecule has 2 aromatic rings. The molecule has 24 heavy (non-hydrogen) atoms. The zero-order chi connectivity index (χ0) is 17.3. The zero-order valence-corrected chi connectivity index (χ0v) is 14.3. The number of aromatic amines is 1. The van der Waals surface area contributed by atoms with Crippen LogP contribution in [0.3, 0.4) is 0 Å². The molecule has 7 nitrogen and oxygen atoms in total. The third kappa shape index (κ3) is 3.39. The maximum atomic E-state index is 12.1. The average molecular weight is 329 g/mol. The molecule has 1 amide bonds. The van der Waals surface area contributed by atoms with E-state index in [0.29, 0.717) is 12.8 Å². The number of nitrogens with one attached hydrogen (secondary N) is 2. The molecular weight excluding hydrogens is 306 g/mol. The lowest BCUT2D eigenvalue weighted by atomic mass is 9.78. The van der Waals surface area contributed by atoms with Gasteiger partial charge in [0.1, 0.15) is 0 Å². The van der Waals surface area contributed by atoms with Gasteiger partial charge in [-0.25, -0.2) is 4.98 Å². The largest absolute Gasteiger partial charge is 0.353 e. The van der Waals surface area contributed by atoms with Gasteiger partial charge in [0.15, 0.2) is 0 Å². The fraction of sp³-hybridized carbons (Fsp3) is 0.529. The normalized spacial score (nSPS) is 19.8. The SMILES string of the molecule is Cc1nn(C)c(C)c1CCC(=O)NC1CC(c2cc(=O)[nH]cn2)C1. The summed E-state index contributed by atoms with van der Waals surface area (Å²) in [6, 6.07) is 1.72. The number of amides is 1. The lowest BCUT2D eigenvalue weighted by Gasteiger charge is -2.35. The first-order valence-electron chi connectivity index (χ1n) is 8.27. The van der Waals surface area contributed by atoms with E-state index < -0.39 is 0 Å². The van der Waals surface area contributed by atoms with Crippen LogP contribution in [0.15, 0.2) is 17.2 Å². The van der Waals surface area contributed by atoms with Crippen LogP contribution >= 0.6 is 0 Å². The molecular formula is C17H23N5O2. The van der Waals surface area contributed by atoms with Crippen LogP contribution < -0.4 is 10.9 Å². The summed E-state index contributed by atoms with van der Waals surface area (Å²) < 4.78 is 1.85. The quantitative estimate of drug-likeness (QED) is 0.859. The van der Waals surface area contributed by atoms with Crippen LogP contribution in [-0.4, -0.2) is 31.7 Å². The van der Waals surface area contributed by atoms with Crippen molar-refractivity contribution in [2.45, 2.75) is 51.5 Å². The van der Waals surface area contributed by atoms with Crippen LogP contribution in [0.5, 0.6) is 0 Å². The molecule has 0 atom stereocenters. The summed E-state index contributed by atoms with van der Waals surface area (Å²) >= 11 is 0. The van der Waals surface area contributed by atoms with Crippen molar-refractivity contribution in [2.75, 3.05) is 0 Å². The Hall–Kier alpha value is -2.44. The molecule has 0 aliphatic heterocycles. The predicted molar refractivity (Wildman–Crippen MR) is 89.8 cm³/mol. The Morgan fingerprint density at radius 2 is 2.17 bits per heavy atom. The highest BCUT2D eigenvalue weighted by Crippen LogP contribution is 2.35. The van der Waals surface area contributed by atoms with E-state index in [1.54, 1.807) is 0 Å². The summed E-state index contributed by atoms with van der Waals surface area (Å²) in [6.45, 7) is 4.00. The highest BCUT2D eigenvalue weighted by atomic mass is 16.1. The molecule has 1 saturated carbocycles. The van der Waals surface area contributed by atoms with Crippen LogP contribution in [0.2, 0.25) is 0 Å². The van der Waals surface area contributed by atoms with Gasteiger partial charge in [0.05, 0.1) is 17.7 Å². The summed E-state index contributed by atoms with van der Waals surface area (Å²) in [5.41, 5.74) is 3.95. The predicted octanol–water partition coefficient (Wildman–Crippen LogP) is 1.12. The monoisotopic (exact) mass is 329 g/mol. The summed E-state index contributed by atoms with van der Waals surface area (Å²) in [5, 5.41) is 7.44. The van der Waals surface area contributed by atoms with Gasteiger partial charge < -0.3 is 10.3 Å². The molecule has 3 rings (SSSR count). The Morgan fingerprint density at radius 3 is 2.79 bits per heavy atom. The van der Waals surface area contributed by atoms with E-state index in [-0.39, 0.29) is 23.4 Å². The van der Waals surface area contributed by atoms with Crippen LogP contribution in [0, 0.1) is 13.8 Å². The Kier molecular flexibility index (Phi) is 4.51. The van der Waals surface area contributed by atoms with E-state index in [1.807, 2.05) is 25.6 Å². The maximum absolute atomic E-state index is 12.1. The van der Waals surface area contributed by atoms with Crippen molar-refractivity contribution in [3.8, 4) is 0 Å². The Morgan fingerprint density at radius 1 is 1.42 bits per heavy atom. The summed E-state index contributed by atoms with van der Waals surface area (Å²) in [5.74, 6) is 0.334. The molecule has 1 aliphatic carbocycles. The van der Waals surface area contributed by atoms with Crippen molar-refractivity contribution < 1.29 is 4.79 Å². The molecule has 0 saturated heterocycles. The summed E-state index contributed by atoms with van der Waals surface area (Å²) in [4.78, 5) is 30.1. The second-order valence-electron chi connectivity index (χ2n) is 6.54. The van der Waals surface area contributed by atoms with Crippen LogP contribution in [0.1, 0.15) is 47.8 Å². The van der Waals surface area contributed by atoms with Crippen molar-refractivity contribution in [1.82, 2.24) is 25.1 Å². The third-order valence-electron chi connectivity index (χ3n) is 4.88. The molecule has 0 bridgehead atoms. The summed E-state index contributed by atoms with van der Waals surface area (Å²) in [7, 11) is 1.92. The van der Waals surface area contributed by atoms with Gasteiger partial charge in [0.2, 0.25) is 5.91 Å². The van der Waals surface area contributed by atoms with E-state index in [1.165, 1.54) is 12.4 Å². The van der Waals surface area contributed by atoms with Gasteiger partial charge in [-0.3, -0.25) is 14.3 Å². The molecule has 128 valence electrons. The van der Waals surface area contributed by atoms with E-state index >= 15 is 0 Å². The van der Waals surface area contributed by atoms with Gasteiger partial charge in [0.25, 0.3) is 5.56 Å². The van der Waals surface area contributed by atoms with Crippen molar-refractivity contribution >= 4 is 5.91 Å². The first-order chi connectivity index (χ1) is 11.4. The minimum absolute atomic E-state index is 0.0694. The minimum atomic E-state index is -0.130. The first-order valence-corrected chi connectivity index (χ1v) is 8.27. The van der Waals surface area contributed by atoms with Gasteiger partial charge >= 0.3 is 0 Å². The molecule has 2 N–H and O–H groups in total. The number of hydrogen-bond acceptors (Lipinski definition) is 4. The molecule has 7 heteroatoms. The Balaban J connectivity index is 1.46. The van der Waals surface area contributed by atoms with Crippen LogP contribution in [0.4, 0.5) is 0 Å². The van der Waals surface area contributed by atoms with Gasteiger partial charge in [0, 0.05) is 37.2 Å². The molecule has 2 aromatic heterocycles. The van der Waals surface area contributed by atoms with E-state index in [9.17, 15) is 9.59 Å². The van der Waals surface area contributed by atoms with Gasteiger partial charge in [-0.2, -0.15) is 5.10 Å². The standard InChI is InChI=1S/C17H23N5O2/c1-10-14(11(2)22(3)21-10)4-5-16(23)20-13-6-12(7-13)15-8-17(24)19-9-18-15/h8-9,12-13H,4-7H2,1-3H3,(H,20,23)(H,18,19,24). The zero-order valence-electron chi connectivity index (χ0n) is 14.3. The number of carbonyl (C=O) groups is 1. The molecule has 0 unspecified atom stereocenters.